The summed E-state index contributed by atoms with van der Waals surface area (Å²) < 4.78 is 0. The molecule has 0 saturated heterocycles. The van der Waals surface area contributed by atoms with Crippen molar-refractivity contribution in [3.8, 4) is 0 Å². The highest BCUT2D eigenvalue weighted by Crippen LogP contribution is 2.63. The Labute approximate surface area is 49.6 Å². The van der Waals surface area contributed by atoms with Crippen LogP contribution in [0.5, 0.6) is 0 Å². The van der Waals surface area contributed by atoms with E-state index >= 15 is 0 Å². The average Bonchev–Trinajstić information content (AvgIpc) is 1.70. The quantitative estimate of drug-likeness (QED) is 0.413. The highest BCUT2D eigenvalue weighted by Gasteiger charge is 2.55. The maximum atomic E-state index is 2.41. The van der Waals surface area contributed by atoms with Gasteiger partial charge in [0.2, 0.25) is 0 Å². The van der Waals surface area contributed by atoms with Crippen LogP contribution in [0.3, 0.4) is 0 Å². The fourth-order valence-corrected chi connectivity index (χ4v) is 2.59. The smallest absolute Gasteiger partial charge is 0.0136 e. The molecule has 0 bridgehead atoms. The van der Waals surface area contributed by atoms with Gasteiger partial charge in [0.05, 0.1) is 0 Å². The van der Waals surface area contributed by atoms with Crippen molar-refractivity contribution in [2.75, 3.05) is 0 Å². The SMILES string of the molecule is C1=CC2C1C1CCC21. The Morgan fingerprint density at radius 2 is 1.38 bits per heavy atom. The number of fused-ring (bicyclic) bond motifs is 4. The molecule has 0 heteroatoms. The molecule has 0 spiro atoms. The fraction of sp³-hybridized carbons (Fsp3) is 0.750. The van der Waals surface area contributed by atoms with E-state index in [9.17, 15) is 0 Å². The molecule has 0 amide bonds. The van der Waals surface area contributed by atoms with Crippen molar-refractivity contribution in [3.63, 3.8) is 0 Å². The van der Waals surface area contributed by atoms with Crippen LogP contribution in [0, 0.1) is 23.7 Å². The molecule has 3 aliphatic rings. The van der Waals surface area contributed by atoms with Gasteiger partial charge in [-0.3, -0.25) is 0 Å². The van der Waals surface area contributed by atoms with E-state index in [1.807, 2.05) is 0 Å². The summed E-state index contributed by atoms with van der Waals surface area (Å²) in [6.07, 6.45) is 7.89. The Morgan fingerprint density at radius 3 is 1.50 bits per heavy atom. The molecule has 0 aromatic carbocycles. The van der Waals surface area contributed by atoms with Crippen molar-refractivity contribution in [2.24, 2.45) is 23.7 Å². The summed E-state index contributed by atoms with van der Waals surface area (Å²) in [6, 6.07) is 0. The van der Waals surface area contributed by atoms with Crippen molar-refractivity contribution in [3.05, 3.63) is 12.2 Å². The van der Waals surface area contributed by atoms with E-state index in [1.165, 1.54) is 12.8 Å². The summed E-state index contributed by atoms with van der Waals surface area (Å²) in [5, 5.41) is 0. The minimum atomic E-state index is 1.06. The molecular weight excluding hydrogens is 96.1 g/mol. The lowest BCUT2D eigenvalue weighted by atomic mass is 9.43. The Bertz CT molecular complexity index is 139. The van der Waals surface area contributed by atoms with Gasteiger partial charge < -0.3 is 0 Å². The molecule has 0 radical (unpaired) electrons. The molecule has 8 heavy (non-hydrogen) atoms. The van der Waals surface area contributed by atoms with E-state index in [0.29, 0.717) is 0 Å². The van der Waals surface area contributed by atoms with Crippen molar-refractivity contribution in [1.29, 1.82) is 0 Å². The van der Waals surface area contributed by atoms with Gasteiger partial charge in [0.1, 0.15) is 0 Å². The molecular formula is C8H10. The highest BCUT2D eigenvalue weighted by atomic mass is 14.6. The van der Waals surface area contributed by atoms with Gasteiger partial charge in [-0.2, -0.15) is 0 Å². The zero-order valence-corrected chi connectivity index (χ0v) is 4.88. The van der Waals surface area contributed by atoms with Crippen LogP contribution in [-0.2, 0) is 0 Å². The standard InChI is InChI=1S/C8H10/c1-2-6-5(1)7-3-4-8(6)7/h1-2,5-8H,3-4H2. The predicted molar refractivity (Wildman–Crippen MR) is 32.3 cm³/mol. The van der Waals surface area contributed by atoms with E-state index in [1.54, 1.807) is 0 Å². The predicted octanol–water partition coefficient (Wildman–Crippen LogP) is 1.83. The van der Waals surface area contributed by atoms with Crippen LogP contribution in [0.15, 0.2) is 12.2 Å². The van der Waals surface area contributed by atoms with Crippen molar-refractivity contribution < 1.29 is 0 Å². The van der Waals surface area contributed by atoms with Gasteiger partial charge in [0, 0.05) is 0 Å². The van der Waals surface area contributed by atoms with Crippen LogP contribution in [-0.4, -0.2) is 0 Å². The molecule has 3 aliphatic carbocycles. The molecule has 4 atom stereocenters. The van der Waals surface area contributed by atoms with Crippen LogP contribution >= 0.6 is 0 Å². The van der Waals surface area contributed by atoms with Gasteiger partial charge in [0.25, 0.3) is 0 Å². The summed E-state index contributed by atoms with van der Waals surface area (Å²) in [5.74, 6) is 4.44. The molecule has 42 valence electrons. The molecule has 0 aliphatic heterocycles. The van der Waals surface area contributed by atoms with Gasteiger partial charge in [-0.1, -0.05) is 12.2 Å². The summed E-state index contributed by atoms with van der Waals surface area (Å²) in [7, 11) is 0. The molecule has 0 aromatic heterocycles. The lowest BCUT2D eigenvalue weighted by Gasteiger charge is -2.62. The fourth-order valence-electron chi connectivity index (χ4n) is 2.59. The van der Waals surface area contributed by atoms with Gasteiger partial charge in [-0.15, -0.1) is 0 Å². The Morgan fingerprint density at radius 1 is 0.875 bits per heavy atom. The third-order valence-corrected chi connectivity index (χ3v) is 3.37. The molecule has 0 heterocycles. The molecule has 4 unspecified atom stereocenters. The van der Waals surface area contributed by atoms with Gasteiger partial charge in [-0.05, 0) is 36.5 Å². The zero-order valence-electron chi connectivity index (χ0n) is 4.88. The largest absolute Gasteiger partial charge is 0.0842 e. The monoisotopic (exact) mass is 106 g/mol. The maximum Gasteiger partial charge on any atom is -0.0136 e. The first-order chi connectivity index (χ1) is 3.97. The van der Waals surface area contributed by atoms with Crippen LogP contribution in [0.1, 0.15) is 12.8 Å². The molecule has 0 aromatic rings. The van der Waals surface area contributed by atoms with Crippen molar-refractivity contribution in [2.45, 2.75) is 12.8 Å². The second-order valence-corrected chi connectivity index (χ2v) is 3.44. The van der Waals surface area contributed by atoms with Gasteiger partial charge in [0.15, 0.2) is 0 Å². The third kappa shape index (κ3) is 0.195. The lowest BCUT2D eigenvalue weighted by Crippen LogP contribution is -2.55. The van der Waals surface area contributed by atoms with Gasteiger partial charge in [-0.25, -0.2) is 0 Å². The Balaban J connectivity index is 1.98. The summed E-state index contributed by atoms with van der Waals surface area (Å²) in [5.41, 5.74) is 0. The first-order valence-electron chi connectivity index (χ1n) is 3.65. The third-order valence-electron chi connectivity index (χ3n) is 3.37. The topological polar surface area (TPSA) is 0 Å². The van der Waals surface area contributed by atoms with Crippen molar-refractivity contribution in [1.82, 2.24) is 0 Å². The molecule has 2 fully saturated rings. The lowest BCUT2D eigenvalue weighted by molar-refractivity contribution is -0.0677. The summed E-state index contributed by atoms with van der Waals surface area (Å²) in [4.78, 5) is 0. The van der Waals surface area contributed by atoms with Gasteiger partial charge >= 0.3 is 0 Å². The van der Waals surface area contributed by atoms with Crippen LogP contribution in [0.25, 0.3) is 0 Å². The highest BCUT2D eigenvalue weighted by molar-refractivity contribution is 5.24. The summed E-state index contributed by atoms with van der Waals surface area (Å²) >= 11 is 0. The van der Waals surface area contributed by atoms with Crippen molar-refractivity contribution >= 4 is 0 Å². The van der Waals surface area contributed by atoms with E-state index in [-0.39, 0.29) is 0 Å². The first-order valence-corrected chi connectivity index (χ1v) is 3.65. The zero-order chi connectivity index (χ0) is 5.14. The maximum absolute atomic E-state index is 2.41. The molecule has 0 N–H and O–H groups in total. The normalized spacial score (nSPS) is 64.0. The summed E-state index contributed by atoms with van der Waals surface area (Å²) in [6.45, 7) is 0. The van der Waals surface area contributed by atoms with E-state index in [4.69, 9.17) is 0 Å². The van der Waals surface area contributed by atoms with E-state index in [2.05, 4.69) is 12.2 Å². The van der Waals surface area contributed by atoms with E-state index in [0.717, 1.165) is 23.7 Å². The van der Waals surface area contributed by atoms with Crippen LogP contribution in [0.4, 0.5) is 0 Å². The molecule has 0 nitrogen and oxygen atoms in total. The minimum Gasteiger partial charge on any atom is -0.0842 e. The second-order valence-electron chi connectivity index (χ2n) is 3.44. The Hall–Kier alpha value is -0.260. The minimum absolute atomic E-state index is 1.06. The van der Waals surface area contributed by atoms with E-state index < -0.39 is 0 Å². The van der Waals surface area contributed by atoms with Crippen LogP contribution in [0.2, 0.25) is 0 Å². The number of hydrogen-bond donors (Lipinski definition) is 0. The first kappa shape index (κ1) is 3.71. The molecule has 2 saturated carbocycles. The Kier molecular flexibility index (Phi) is 0.415. The number of allylic oxidation sites excluding steroid dienone is 2. The second kappa shape index (κ2) is 0.896. The number of hydrogen-bond acceptors (Lipinski definition) is 0. The van der Waals surface area contributed by atoms with Crippen LogP contribution < -0.4 is 0 Å². The molecule has 3 rings (SSSR count). The number of rotatable bonds is 0. The average molecular weight is 106 g/mol.